The fourth-order valence-electron chi connectivity index (χ4n) is 2.46. The zero-order valence-corrected chi connectivity index (χ0v) is 14.7. The number of rotatable bonds is 6. The Balaban J connectivity index is 2.12. The van der Waals surface area contributed by atoms with Gasteiger partial charge in [0.25, 0.3) is 0 Å². The summed E-state index contributed by atoms with van der Waals surface area (Å²) in [5.74, 6) is 2.47. The number of benzene rings is 1. The van der Waals surface area contributed by atoms with Gasteiger partial charge in [0.1, 0.15) is 5.82 Å². The minimum atomic E-state index is 0.220. The molecule has 7 heteroatoms. The van der Waals surface area contributed by atoms with Crippen molar-refractivity contribution >= 4 is 28.4 Å². The lowest BCUT2D eigenvalue weighted by atomic mass is 10.2. The second-order valence-electron chi connectivity index (χ2n) is 5.79. The summed E-state index contributed by atoms with van der Waals surface area (Å²) in [4.78, 5) is 13.3. The van der Waals surface area contributed by atoms with Crippen LogP contribution in [-0.4, -0.2) is 35.2 Å². The summed E-state index contributed by atoms with van der Waals surface area (Å²) in [6.45, 7) is 4.12. The van der Waals surface area contributed by atoms with Gasteiger partial charge in [-0.1, -0.05) is 0 Å². The number of hydrogen-bond donors (Lipinski definition) is 2. The number of anilines is 3. The molecule has 0 amide bonds. The molecule has 0 aliphatic rings. The van der Waals surface area contributed by atoms with Gasteiger partial charge in [0.15, 0.2) is 11.5 Å². The fraction of sp³-hybridized carbons (Fsp3) is 0.278. The molecule has 0 aliphatic heterocycles. The summed E-state index contributed by atoms with van der Waals surface area (Å²) in [7, 11) is 3.21. The molecule has 0 fully saturated rings. The molecule has 0 aliphatic carbocycles. The zero-order chi connectivity index (χ0) is 17.8. The van der Waals surface area contributed by atoms with E-state index in [4.69, 9.17) is 9.47 Å². The Morgan fingerprint density at radius 1 is 1.04 bits per heavy atom. The van der Waals surface area contributed by atoms with Gasteiger partial charge in [0.2, 0.25) is 5.95 Å². The number of pyridine rings is 1. The number of nitrogens with zero attached hydrogens (tertiary/aromatic N) is 3. The Bertz CT molecular complexity index is 868. The monoisotopic (exact) mass is 339 g/mol. The van der Waals surface area contributed by atoms with E-state index in [2.05, 4.69) is 39.4 Å². The Morgan fingerprint density at radius 2 is 1.80 bits per heavy atom. The molecule has 0 saturated heterocycles. The van der Waals surface area contributed by atoms with Crippen molar-refractivity contribution < 1.29 is 9.47 Å². The van der Waals surface area contributed by atoms with Crippen molar-refractivity contribution in [3.05, 3.63) is 36.7 Å². The van der Waals surface area contributed by atoms with E-state index in [-0.39, 0.29) is 6.04 Å². The Morgan fingerprint density at radius 3 is 2.44 bits per heavy atom. The minimum Gasteiger partial charge on any atom is -0.493 e. The molecular formula is C18H21N5O2. The summed E-state index contributed by atoms with van der Waals surface area (Å²) in [5.41, 5.74) is 1.57. The van der Waals surface area contributed by atoms with Gasteiger partial charge in [-0.2, -0.15) is 4.98 Å². The molecule has 0 atom stereocenters. The van der Waals surface area contributed by atoms with Gasteiger partial charge in [0.05, 0.1) is 31.6 Å². The minimum absolute atomic E-state index is 0.220. The van der Waals surface area contributed by atoms with E-state index in [1.165, 1.54) is 0 Å². The zero-order valence-electron chi connectivity index (χ0n) is 14.7. The van der Waals surface area contributed by atoms with Crippen molar-refractivity contribution in [1.82, 2.24) is 15.0 Å². The third-order valence-electron chi connectivity index (χ3n) is 3.54. The van der Waals surface area contributed by atoms with Gasteiger partial charge in [-0.3, -0.25) is 4.98 Å². The van der Waals surface area contributed by atoms with Gasteiger partial charge in [0, 0.05) is 23.7 Å². The molecule has 3 aromatic rings. The highest BCUT2D eigenvalue weighted by Crippen LogP contribution is 2.35. The van der Waals surface area contributed by atoms with E-state index in [9.17, 15) is 0 Å². The van der Waals surface area contributed by atoms with Crippen LogP contribution in [0, 0.1) is 0 Å². The predicted molar refractivity (Wildman–Crippen MR) is 98.9 cm³/mol. The smallest absolute Gasteiger partial charge is 0.229 e. The second-order valence-corrected chi connectivity index (χ2v) is 5.79. The molecule has 25 heavy (non-hydrogen) atoms. The van der Waals surface area contributed by atoms with Crippen LogP contribution in [0.5, 0.6) is 11.5 Å². The Kier molecular flexibility index (Phi) is 4.83. The molecule has 2 aromatic heterocycles. The van der Waals surface area contributed by atoms with Gasteiger partial charge in [-0.15, -0.1) is 0 Å². The van der Waals surface area contributed by atoms with Crippen LogP contribution in [0.4, 0.5) is 17.5 Å². The third-order valence-corrected chi connectivity index (χ3v) is 3.54. The average molecular weight is 339 g/mol. The number of ether oxygens (including phenoxy) is 2. The summed E-state index contributed by atoms with van der Waals surface area (Å²) in [6, 6.07) is 7.70. The lowest BCUT2D eigenvalue weighted by Gasteiger charge is -2.16. The van der Waals surface area contributed by atoms with Gasteiger partial charge >= 0.3 is 0 Å². The van der Waals surface area contributed by atoms with Crippen LogP contribution >= 0.6 is 0 Å². The van der Waals surface area contributed by atoms with Crippen molar-refractivity contribution in [2.45, 2.75) is 19.9 Å². The SMILES string of the molecule is COc1cc2nc(Nc3cccnc3)nc(NC(C)C)c2cc1OC. The number of hydrogen-bond acceptors (Lipinski definition) is 7. The maximum atomic E-state index is 5.40. The molecule has 0 bridgehead atoms. The van der Waals surface area contributed by atoms with E-state index in [1.54, 1.807) is 26.6 Å². The van der Waals surface area contributed by atoms with Gasteiger partial charge in [-0.05, 0) is 32.0 Å². The molecule has 0 saturated carbocycles. The van der Waals surface area contributed by atoms with Gasteiger partial charge in [-0.25, -0.2) is 4.98 Å². The van der Waals surface area contributed by atoms with Crippen LogP contribution in [0.2, 0.25) is 0 Å². The quantitative estimate of drug-likeness (QED) is 0.710. The van der Waals surface area contributed by atoms with E-state index in [0.717, 1.165) is 22.4 Å². The molecule has 0 radical (unpaired) electrons. The molecule has 130 valence electrons. The van der Waals surface area contributed by atoms with Crippen LogP contribution in [0.3, 0.4) is 0 Å². The molecule has 2 N–H and O–H groups in total. The van der Waals surface area contributed by atoms with Crippen LogP contribution in [0.1, 0.15) is 13.8 Å². The van der Waals surface area contributed by atoms with E-state index in [0.29, 0.717) is 17.4 Å². The van der Waals surface area contributed by atoms with Crippen LogP contribution in [-0.2, 0) is 0 Å². The molecular weight excluding hydrogens is 318 g/mol. The summed E-state index contributed by atoms with van der Waals surface area (Å²) < 4.78 is 10.8. The standard InChI is InChI=1S/C18H21N5O2/c1-11(2)20-17-13-8-15(24-3)16(25-4)9-14(13)22-18(23-17)21-12-6-5-7-19-10-12/h5-11H,1-4H3,(H2,20,21,22,23). The van der Waals surface area contributed by atoms with Crippen molar-refractivity contribution in [2.75, 3.05) is 24.9 Å². The predicted octanol–water partition coefficient (Wildman–Crippen LogP) is 3.61. The summed E-state index contributed by atoms with van der Waals surface area (Å²) >= 11 is 0. The number of methoxy groups -OCH3 is 2. The number of nitrogens with one attached hydrogen (secondary N) is 2. The van der Waals surface area contributed by atoms with Crippen molar-refractivity contribution in [2.24, 2.45) is 0 Å². The Labute approximate surface area is 146 Å². The molecule has 0 spiro atoms. The summed E-state index contributed by atoms with van der Waals surface area (Å²) in [5, 5.41) is 7.40. The normalized spacial score (nSPS) is 10.8. The molecule has 0 unspecified atom stereocenters. The number of fused-ring (bicyclic) bond motifs is 1. The molecule has 1 aromatic carbocycles. The Hall–Kier alpha value is -3.09. The van der Waals surface area contributed by atoms with E-state index in [1.807, 2.05) is 24.3 Å². The van der Waals surface area contributed by atoms with Crippen LogP contribution in [0.15, 0.2) is 36.7 Å². The third kappa shape index (κ3) is 3.71. The van der Waals surface area contributed by atoms with Crippen LogP contribution in [0.25, 0.3) is 10.9 Å². The first-order valence-electron chi connectivity index (χ1n) is 7.98. The largest absolute Gasteiger partial charge is 0.493 e. The van der Waals surface area contributed by atoms with Crippen molar-refractivity contribution in [1.29, 1.82) is 0 Å². The topological polar surface area (TPSA) is 81.2 Å². The molecule has 7 nitrogen and oxygen atoms in total. The highest BCUT2D eigenvalue weighted by atomic mass is 16.5. The average Bonchev–Trinajstić information content (AvgIpc) is 2.61. The molecule has 3 rings (SSSR count). The maximum Gasteiger partial charge on any atom is 0.229 e. The first-order valence-corrected chi connectivity index (χ1v) is 7.98. The molecule has 2 heterocycles. The lowest BCUT2D eigenvalue weighted by Crippen LogP contribution is -2.13. The fourth-order valence-corrected chi connectivity index (χ4v) is 2.46. The highest BCUT2D eigenvalue weighted by Gasteiger charge is 2.14. The van der Waals surface area contributed by atoms with Gasteiger partial charge < -0.3 is 20.1 Å². The van der Waals surface area contributed by atoms with Crippen LogP contribution < -0.4 is 20.1 Å². The first-order chi connectivity index (χ1) is 12.1. The lowest BCUT2D eigenvalue weighted by molar-refractivity contribution is 0.356. The van der Waals surface area contributed by atoms with Crippen molar-refractivity contribution in [3.63, 3.8) is 0 Å². The van der Waals surface area contributed by atoms with E-state index < -0.39 is 0 Å². The van der Waals surface area contributed by atoms with E-state index >= 15 is 0 Å². The second kappa shape index (κ2) is 7.21. The summed E-state index contributed by atoms with van der Waals surface area (Å²) in [6.07, 6.45) is 3.44. The first kappa shape index (κ1) is 16.8. The maximum absolute atomic E-state index is 5.40. The highest BCUT2D eigenvalue weighted by molar-refractivity contribution is 5.93. The van der Waals surface area contributed by atoms with Crippen molar-refractivity contribution in [3.8, 4) is 11.5 Å². The number of aromatic nitrogens is 3.